The van der Waals surface area contributed by atoms with Crippen molar-refractivity contribution in [3.05, 3.63) is 84.9 Å². The molecule has 0 bridgehead atoms. The van der Waals surface area contributed by atoms with E-state index in [1.54, 1.807) is 29.2 Å². The first kappa shape index (κ1) is 22.3. The number of esters is 1. The molecule has 2 amide bonds. The van der Waals surface area contributed by atoms with Crippen LogP contribution in [-0.4, -0.2) is 28.2 Å². The van der Waals surface area contributed by atoms with Gasteiger partial charge in [-0.15, -0.1) is 0 Å². The Kier molecular flexibility index (Phi) is 6.85. The molecule has 3 aromatic carbocycles. The van der Waals surface area contributed by atoms with Crippen molar-refractivity contribution in [1.29, 1.82) is 0 Å². The zero-order valence-electron chi connectivity index (χ0n) is 17.8. The fraction of sp³-hybridized carbons (Fsp3) is 0.120. The normalized spacial score (nSPS) is 16.6. The van der Waals surface area contributed by atoms with E-state index >= 15 is 0 Å². The van der Waals surface area contributed by atoms with Crippen LogP contribution in [0.25, 0.3) is 0 Å². The number of aliphatic imine (C=N–C) groups is 1. The highest BCUT2D eigenvalue weighted by molar-refractivity contribution is 8.16. The van der Waals surface area contributed by atoms with Crippen molar-refractivity contribution in [2.45, 2.75) is 18.6 Å². The molecule has 0 spiro atoms. The van der Waals surface area contributed by atoms with Crippen LogP contribution < -0.4 is 15.0 Å². The number of hydrogen-bond donors (Lipinski definition) is 1. The lowest BCUT2D eigenvalue weighted by molar-refractivity contribution is -0.131. The van der Waals surface area contributed by atoms with E-state index in [-0.39, 0.29) is 18.2 Å². The molecule has 8 heteroatoms. The maximum Gasteiger partial charge on any atom is 0.308 e. The van der Waals surface area contributed by atoms with Gasteiger partial charge in [0.2, 0.25) is 11.8 Å². The van der Waals surface area contributed by atoms with Gasteiger partial charge < -0.3 is 10.1 Å². The molecule has 3 aromatic rings. The van der Waals surface area contributed by atoms with Crippen LogP contribution >= 0.6 is 11.8 Å². The Morgan fingerprint density at radius 2 is 1.61 bits per heavy atom. The third-order valence-corrected chi connectivity index (χ3v) is 5.84. The number of benzene rings is 3. The van der Waals surface area contributed by atoms with Gasteiger partial charge in [0.05, 0.1) is 11.4 Å². The molecule has 0 aromatic heterocycles. The topological polar surface area (TPSA) is 88.1 Å². The molecule has 33 heavy (non-hydrogen) atoms. The summed E-state index contributed by atoms with van der Waals surface area (Å²) in [5.74, 6) is -0.516. The van der Waals surface area contributed by atoms with E-state index in [4.69, 9.17) is 4.74 Å². The predicted octanol–water partition coefficient (Wildman–Crippen LogP) is 4.78. The molecular weight excluding hydrogens is 438 g/mol. The van der Waals surface area contributed by atoms with Gasteiger partial charge in [-0.3, -0.25) is 19.3 Å². The van der Waals surface area contributed by atoms with Crippen molar-refractivity contribution < 1.29 is 19.1 Å². The van der Waals surface area contributed by atoms with Crippen LogP contribution in [0.3, 0.4) is 0 Å². The number of thioether (sulfide) groups is 1. The van der Waals surface area contributed by atoms with E-state index in [9.17, 15) is 14.4 Å². The Balaban J connectivity index is 1.49. The van der Waals surface area contributed by atoms with E-state index < -0.39 is 11.2 Å². The lowest BCUT2D eigenvalue weighted by atomic mass is 10.2. The summed E-state index contributed by atoms with van der Waals surface area (Å²) in [7, 11) is 0. The van der Waals surface area contributed by atoms with E-state index in [1.807, 2.05) is 60.7 Å². The SMILES string of the molecule is CC(=O)Oc1ccc(NC(=O)C[C@@H]2SC(=Nc3ccccc3)N(c3ccccc3)C2=O)cc1. The number of rotatable bonds is 6. The summed E-state index contributed by atoms with van der Waals surface area (Å²) in [5, 5.41) is 2.71. The minimum atomic E-state index is -0.604. The summed E-state index contributed by atoms with van der Waals surface area (Å²) in [4.78, 5) is 43.1. The molecule has 0 saturated carbocycles. The number of nitrogens with one attached hydrogen (secondary N) is 1. The molecule has 1 atom stereocenters. The van der Waals surface area contributed by atoms with Crippen molar-refractivity contribution in [2.24, 2.45) is 4.99 Å². The molecule has 0 aliphatic carbocycles. The maximum absolute atomic E-state index is 13.2. The minimum absolute atomic E-state index is 0.00760. The molecule has 1 aliphatic rings. The molecule has 1 saturated heterocycles. The van der Waals surface area contributed by atoms with Crippen LogP contribution in [0.4, 0.5) is 17.1 Å². The average Bonchev–Trinajstić information content (AvgIpc) is 3.10. The van der Waals surface area contributed by atoms with Crippen molar-refractivity contribution in [1.82, 2.24) is 0 Å². The third-order valence-electron chi connectivity index (χ3n) is 4.70. The fourth-order valence-corrected chi connectivity index (χ4v) is 4.41. The zero-order valence-corrected chi connectivity index (χ0v) is 18.6. The molecule has 4 rings (SSSR count). The average molecular weight is 460 g/mol. The standard InChI is InChI=1S/C25H21N3O4S/c1-17(29)32-21-14-12-19(13-15-21)26-23(30)16-22-24(31)28(20-10-6-3-7-11-20)25(33-22)27-18-8-4-2-5-9-18/h2-15,22H,16H2,1H3,(H,26,30)/t22-/m0/s1. The molecule has 1 N–H and O–H groups in total. The van der Waals surface area contributed by atoms with Crippen LogP contribution in [0.15, 0.2) is 89.9 Å². The Bertz CT molecular complexity index is 1180. The molecule has 1 fully saturated rings. The van der Waals surface area contributed by atoms with Gasteiger partial charge in [0, 0.05) is 19.0 Å². The second-order valence-electron chi connectivity index (χ2n) is 7.22. The summed E-state index contributed by atoms with van der Waals surface area (Å²) in [5.41, 5.74) is 1.98. The summed E-state index contributed by atoms with van der Waals surface area (Å²) in [6.45, 7) is 1.32. The van der Waals surface area contributed by atoms with Crippen molar-refractivity contribution >= 4 is 51.8 Å². The van der Waals surface area contributed by atoms with Crippen LogP contribution in [-0.2, 0) is 14.4 Å². The number of ether oxygens (including phenoxy) is 1. The molecule has 1 aliphatic heterocycles. The number of hydrogen-bond acceptors (Lipinski definition) is 6. The van der Waals surface area contributed by atoms with Crippen LogP contribution in [0, 0.1) is 0 Å². The monoisotopic (exact) mass is 459 g/mol. The molecule has 0 radical (unpaired) electrons. The Labute approximate surface area is 195 Å². The quantitative estimate of drug-likeness (QED) is 0.424. The summed E-state index contributed by atoms with van der Waals surface area (Å²) in [6.07, 6.45) is -0.00760. The summed E-state index contributed by atoms with van der Waals surface area (Å²) in [6, 6.07) is 25.1. The van der Waals surface area contributed by atoms with E-state index in [2.05, 4.69) is 10.3 Å². The van der Waals surface area contributed by atoms with Gasteiger partial charge in [0.1, 0.15) is 11.0 Å². The Morgan fingerprint density at radius 1 is 0.970 bits per heavy atom. The zero-order chi connectivity index (χ0) is 23.2. The van der Waals surface area contributed by atoms with Gasteiger partial charge >= 0.3 is 5.97 Å². The highest BCUT2D eigenvalue weighted by atomic mass is 32.2. The van der Waals surface area contributed by atoms with E-state index in [0.29, 0.717) is 22.3 Å². The third kappa shape index (κ3) is 5.67. The van der Waals surface area contributed by atoms with Gasteiger partial charge in [0.25, 0.3) is 0 Å². The molecule has 7 nitrogen and oxygen atoms in total. The predicted molar refractivity (Wildman–Crippen MR) is 130 cm³/mol. The first-order valence-corrected chi connectivity index (χ1v) is 11.2. The fourth-order valence-electron chi connectivity index (χ4n) is 3.25. The van der Waals surface area contributed by atoms with E-state index in [0.717, 1.165) is 5.69 Å². The van der Waals surface area contributed by atoms with Gasteiger partial charge in [-0.2, -0.15) is 0 Å². The lowest BCUT2D eigenvalue weighted by Gasteiger charge is -2.16. The van der Waals surface area contributed by atoms with Crippen LogP contribution in [0.1, 0.15) is 13.3 Å². The molecular formula is C25H21N3O4S. The lowest BCUT2D eigenvalue weighted by Crippen LogP contribution is -2.33. The minimum Gasteiger partial charge on any atom is -0.427 e. The Morgan fingerprint density at radius 3 is 2.24 bits per heavy atom. The van der Waals surface area contributed by atoms with Gasteiger partial charge in [-0.25, -0.2) is 4.99 Å². The van der Waals surface area contributed by atoms with Gasteiger partial charge in [-0.1, -0.05) is 48.2 Å². The molecule has 0 unspecified atom stereocenters. The smallest absolute Gasteiger partial charge is 0.308 e. The van der Waals surface area contributed by atoms with E-state index in [1.165, 1.54) is 18.7 Å². The number of nitrogens with zero attached hydrogens (tertiary/aromatic N) is 2. The number of para-hydroxylation sites is 2. The first-order chi connectivity index (χ1) is 16.0. The second-order valence-corrected chi connectivity index (χ2v) is 8.39. The number of anilines is 2. The number of amidine groups is 1. The first-order valence-electron chi connectivity index (χ1n) is 10.3. The van der Waals surface area contributed by atoms with Gasteiger partial charge in [-0.05, 0) is 48.5 Å². The van der Waals surface area contributed by atoms with Crippen molar-refractivity contribution in [3.63, 3.8) is 0 Å². The van der Waals surface area contributed by atoms with Crippen LogP contribution in [0.5, 0.6) is 5.75 Å². The summed E-state index contributed by atoms with van der Waals surface area (Å²) < 4.78 is 4.99. The van der Waals surface area contributed by atoms with Gasteiger partial charge in [0.15, 0.2) is 5.17 Å². The number of carbonyl (C=O) groups is 3. The van der Waals surface area contributed by atoms with Crippen LogP contribution in [0.2, 0.25) is 0 Å². The second kappa shape index (κ2) is 10.1. The number of carbonyl (C=O) groups excluding carboxylic acids is 3. The summed E-state index contributed by atoms with van der Waals surface area (Å²) >= 11 is 1.27. The molecule has 1 heterocycles. The Hall–Kier alpha value is -3.91. The highest BCUT2D eigenvalue weighted by Gasteiger charge is 2.40. The highest BCUT2D eigenvalue weighted by Crippen LogP contribution is 2.35. The number of amides is 2. The van der Waals surface area contributed by atoms with Crippen molar-refractivity contribution in [2.75, 3.05) is 10.2 Å². The largest absolute Gasteiger partial charge is 0.427 e. The maximum atomic E-state index is 13.2. The van der Waals surface area contributed by atoms with Crippen molar-refractivity contribution in [3.8, 4) is 5.75 Å². The molecule has 166 valence electrons.